The van der Waals surface area contributed by atoms with Gasteiger partial charge in [-0.05, 0) is 0 Å². The number of nitrogens with zero attached hydrogens (tertiary/aromatic N) is 4. The molecule has 0 aliphatic carbocycles. The first-order chi connectivity index (χ1) is 11.2. The summed E-state index contributed by atoms with van der Waals surface area (Å²) < 4.78 is 16.4. The Kier molecular flexibility index (Phi) is 4.29. The number of aromatic nitrogens is 3. The molecule has 3 rings (SSSR count). The van der Waals surface area contributed by atoms with Crippen LogP contribution in [0.5, 0.6) is 17.4 Å². The first-order valence-corrected chi connectivity index (χ1v) is 7.10. The fourth-order valence-electron chi connectivity index (χ4n) is 2.24. The van der Waals surface area contributed by atoms with Gasteiger partial charge < -0.3 is 30.6 Å². The van der Waals surface area contributed by atoms with E-state index in [2.05, 4.69) is 19.9 Å². The highest BCUT2D eigenvalue weighted by Crippen LogP contribution is 2.36. The van der Waals surface area contributed by atoms with Crippen LogP contribution in [0.2, 0.25) is 0 Å². The van der Waals surface area contributed by atoms with E-state index in [-0.39, 0.29) is 11.8 Å². The van der Waals surface area contributed by atoms with Gasteiger partial charge in [0, 0.05) is 19.2 Å². The molecule has 0 amide bonds. The molecule has 0 spiro atoms. The molecule has 9 nitrogen and oxygen atoms in total. The number of nitrogens with two attached hydrogens (primary N) is 2. The van der Waals surface area contributed by atoms with Crippen molar-refractivity contribution < 1.29 is 14.2 Å². The van der Waals surface area contributed by atoms with E-state index in [1.165, 1.54) is 6.20 Å². The van der Waals surface area contributed by atoms with E-state index in [0.29, 0.717) is 30.6 Å². The number of rotatable bonds is 4. The summed E-state index contributed by atoms with van der Waals surface area (Å²) in [6.45, 7) is 2.80. The lowest BCUT2D eigenvalue weighted by Crippen LogP contribution is -2.36. The van der Waals surface area contributed by atoms with E-state index in [1.807, 2.05) is 0 Å². The number of hydrogen-bond acceptors (Lipinski definition) is 9. The minimum Gasteiger partial charge on any atom is -0.481 e. The number of methoxy groups -OCH3 is 1. The molecule has 4 N–H and O–H groups in total. The molecule has 9 heteroatoms. The maximum Gasteiger partial charge on any atom is 0.222 e. The molecular formula is C14H18N6O3. The molecule has 122 valence electrons. The van der Waals surface area contributed by atoms with Crippen molar-refractivity contribution in [3.63, 3.8) is 0 Å². The van der Waals surface area contributed by atoms with Crippen LogP contribution in [0.4, 0.5) is 17.5 Å². The molecule has 0 saturated carbocycles. The predicted molar refractivity (Wildman–Crippen MR) is 84.8 cm³/mol. The van der Waals surface area contributed by atoms with Crippen molar-refractivity contribution in [2.24, 2.45) is 0 Å². The van der Waals surface area contributed by atoms with E-state index in [1.54, 1.807) is 19.4 Å². The van der Waals surface area contributed by atoms with Crippen molar-refractivity contribution in [2.75, 3.05) is 49.8 Å². The molecule has 0 bridgehead atoms. The quantitative estimate of drug-likeness (QED) is 0.837. The monoisotopic (exact) mass is 318 g/mol. The summed E-state index contributed by atoms with van der Waals surface area (Å²) in [4.78, 5) is 14.2. The zero-order valence-electron chi connectivity index (χ0n) is 12.7. The number of pyridine rings is 1. The van der Waals surface area contributed by atoms with Gasteiger partial charge in [0.15, 0.2) is 17.3 Å². The SMILES string of the molecule is COc1cc(Oc2cnc(N)nc2N)c(N2CCOCC2)cn1. The summed E-state index contributed by atoms with van der Waals surface area (Å²) >= 11 is 0. The van der Waals surface area contributed by atoms with Gasteiger partial charge in [-0.25, -0.2) is 9.97 Å². The minimum atomic E-state index is 0.0931. The van der Waals surface area contributed by atoms with E-state index in [0.717, 1.165) is 18.8 Å². The lowest BCUT2D eigenvalue weighted by Gasteiger charge is -2.30. The van der Waals surface area contributed by atoms with E-state index >= 15 is 0 Å². The van der Waals surface area contributed by atoms with Gasteiger partial charge in [-0.15, -0.1) is 0 Å². The van der Waals surface area contributed by atoms with Crippen molar-refractivity contribution in [2.45, 2.75) is 0 Å². The summed E-state index contributed by atoms with van der Waals surface area (Å²) in [6, 6.07) is 1.70. The standard InChI is InChI=1S/C14H18N6O3/c1-21-12-6-10(23-11-8-18-14(16)19-13(11)15)9(7-17-12)20-2-4-22-5-3-20/h6-8H,2-5H2,1H3,(H4,15,16,18,19). The molecule has 0 atom stereocenters. The maximum absolute atomic E-state index is 5.88. The molecule has 2 aromatic rings. The first kappa shape index (κ1) is 15.1. The second kappa shape index (κ2) is 6.53. The van der Waals surface area contributed by atoms with Crippen LogP contribution in [0.1, 0.15) is 0 Å². The third-order valence-corrected chi connectivity index (χ3v) is 3.40. The van der Waals surface area contributed by atoms with Gasteiger partial charge in [0.25, 0.3) is 0 Å². The second-order valence-corrected chi connectivity index (χ2v) is 4.87. The van der Waals surface area contributed by atoms with Crippen molar-refractivity contribution in [3.05, 3.63) is 18.5 Å². The second-order valence-electron chi connectivity index (χ2n) is 4.87. The Morgan fingerprint density at radius 3 is 2.61 bits per heavy atom. The zero-order valence-corrected chi connectivity index (χ0v) is 12.7. The van der Waals surface area contributed by atoms with Crippen LogP contribution in [-0.4, -0.2) is 48.4 Å². The highest BCUT2D eigenvalue weighted by Gasteiger charge is 2.19. The molecule has 1 saturated heterocycles. The molecule has 1 fully saturated rings. The molecule has 0 radical (unpaired) electrons. The van der Waals surface area contributed by atoms with Gasteiger partial charge in [-0.3, -0.25) is 0 Å². The predicted octanol–water partition coefficient (Wildman–Crippen LogP) is 0.673. The normalized spacial score (nSPS) is 14.6. The topological polar surface area (TPSA) is 122 Å². The average Bonchev–Trinajstić information content (AvgIpc) is 2.58. The minimum absolute atomic E-state index is 0.0931. The number of nitrogen functional groups attached to an aromatic ring is 2. The van der Waals surface area contributed by atoms with Gasteiger partial charge >= 0.3 is 0 Å². The Balaban J connectivity index is 1.94. The first-order valence-electron chi connectivity index (χ1n) is 7.10. The third-order valence-electron chi connectivity index (χ3n) is 3.40. The Morgan fingerprint density at radius 2 is 1.91 bits per heavy atom. The van der Waals surface area contributed by atoms with Gasteiger partial charge in [0.05, 0.1) is 38.4 Å². The van der Waals surface area contributed by atoms with E-state index in [4.69, 9.17) is 25.7 Å². The van der Waals surface area contributed by atoms with Crippen LogP contribution >= 0.6 is 0 Å². The van der Waals surface area contributed by atoms with E-state index in [9.17, 15) is 0 Å². The van der Waals surface area contributed by atoms with Crippen molar-refractivity contribution in [1.29, 1.82) is 0 Å². The fraction of sp³-hybridized carbons (Fsp3) is 0.357. The molecule has 0 unspecified atom stereocenters. The Morgan fingerprint density at radius 1 is 1.13 bits per heavy atom. The molecule has 1 aliphatic heterocycles. The van der Waals surface area contributed by atoms with E-state index < -0.39 is 0 Å². The van der Waals surface area contributed by atoms with Crippen molar-refractivity contribution in [1.82, 2.24) is 15.0 Å². The summed E-state index contributed by atoms with van der Waals surface area (Å²) in [5, 5.41) is 0. The largest absolute Gasteiger partial charge is 0.481 e. The molecule has 3 heterocycles. The Hall–Kier alpha value is -2.81. The lowest BCUT2D eigenvalue weighted by molar-refractivity contribution is 0.122. The summed E-state index contributed by atoms with van der Waals surface area (Å²) in [7, 11) is 1.54. The smallest absolute Gasteiger partial charge is 0.222 e. The van der Waals surface area contributed by atoms with Crippen LogP contribution in [0.25, 0.3) is 0 Å². The molecule has 0 aromatic carbocycles. The Labute approximate surface area is 133 Å². The van der Waals surface area contributed by atoms with Gasteiger partial charge in [0.2, 0.25) is 11.8 Å². The highest BCUT2D eigenvalue weighted by atomic mass is 16.5. The number of anilines is 3. The lowest BCUT2D eigenvalue weighted by atomic mass is 10.3. The van der Waals surface area contributed by atoms with Crippen molar-refractivity contribution in [3.8, 4) is 17.4 Å². The van der Waals surface area contributed by atoms with Gasteiger partial charge in [0.1, 0.15) is 0 Å². The molecule has 23 heavy (non-hydrogen) atoms. The summed E-state index contributed by atoms with van der Waals surface area (Å²) in [5.74, 6) is 1.57. The Bertz CT molecular complexity index is 690. The summed E-state index contributed by atoms with van der Waals surface area (Å²) in [5.41, 5.74) is 12.2. The molecule has 1 aliphatic rings. The van der Waals surface area contributed by atoms with Crippen LogP contribution in [0.15, 0.2) is 18.5 Å². The average molecular weight is 318 g/mol. The van der Waals surface area contributed by atoms with Gasteiger partial charge in [-0.1, -0.05) is 0 Å². The molecule has 2 aromatic heterocycles. The summed E-state index contributed by atoms with van der Waals surface area (Å²) in [6.07, 6.45) is 3.14. The number of morpholine rings is 1. The van der Waals surface area contributed by atoms with Crippen LogP contribution < -0.4 is 25.8 Å². The van der Waals surface area contributed by atoms with Crippen LogP contribution in [-0.2, 0) is 4.74 Å². The number of ether oxygens (including phenoxy) is 3. The third kappa shape index (κ3) is 3.34. The maximum atomic E-state index is 5.88. The fourth-order valence-corrected chi connectivity index (χ4v) is 2.24. The van der Waals surface area contributed by atoms with Crippen LogP contribution in [0, 0.1) is 0 Å². The number of hydrogen-bond donors (Lipinski definition) is 2. The molecular weight excluding hydrogens is 300 g/mol. The van der Waals surface area contributed by atoms with Crippen molar-refractivity contribution >= 4 is 17.5 Å². The zero-order chi connectivity index (χ0) is 16.2. The van der Waals surface area contributed by atoms with Crippen LogP contribution in [0.3, 0.4) is 0 Å². The van der Waals surface area contributed by atoms with Gasteiger partial charge in [-0.2, -0.15) is 4.98 Å². The highest BCUT2D eigenvalue weighted by molar-refractivity contribution is 5.61.